The van der Waals surface area contributed by atoms with E-state index in [1.54, 1.807) is 0 Å². The molecule has 0 nitrogen and oxygen atoms in total. The molecule has 0 atom stereocenters. The lowest BCUT2D eigenvalue weighted by Crippen LogP contribution is -2.12. The highest BCUT2D eigenvalue weighted by molar-refractivity contribution is 6.17. The molecule has 0 aliphatic carbocycles. The van der Waals surface area contributed by atoms with Gasteiger partial charge in [-0.2, -0.15) is 13.2 Å². The predicted octanol–water partition coefficient (Wildman–Crippen LogP) is 3.86. The fraction of sp³-hybridized carbons (Fsp3) is 0.250. The molecule has 0 radical (unpaired) electrons. The van der Waals surface area contributed by atoms with Crippen LogP contribution in [0.1, 0.15) is 11.1 Å². The highest BCUT2D eigenvalue weighted by Gasteiger charge is 2.37. The lowest BCUT2D eigenvalue weighted by atomic mass is 10.1. The Balaban J connectivity index is 3.48. The molecule has 0 heterocycles. The van der Waals surface area contributed by atoms with E-state index in [2.05, 4.69) is 0 Å². The van der Waals surface area contributed by atoms with Gasteiger partial charge in [0.15, 0.2) is 11.6 Å². The Bertz CT molecular complexity index is 384. The Hall–Kier alpha value is -0.910. The van der Waals surface area contributed by atoms with Crippen LogP contribution >= 0.6 is 11.6 Å². The highest BCUT2D eigenvalue weighted by Crippen LogP contribution is 2.34. The lowest BCUT2D eigenvalue weighted by molar-refractivity contribution is -0.140. The fourth-order valence-electron chi connectivity index (χ4n) is 0.962. The lowest BCUT2D eigenvalue weighted by Gasteiger charge is -2.10. The van der Waals surface area contributed by atoms with Gasteiger partial charge in [0.2, 0.25) is 0 Å². The Morgan fingerprint density at radius 1 is 1.07 bits per heavy atom. The number of benzene rings is 1. The van der Waals surface area contributed by atoms with Crippen LogP contribution in [0, 0.1) is 17.5 Å². The van der Waals surface area contributed by atoms with Crippen molar-refractivity contribution in [2.75, 3.05) is 0 Å². The molecule has 0 aliphatic heterocycles. The largest absolute Gasteiger partial charge is 0.419 e. The van der Waals surface area contributed by atoms with E-state index < -0.39 is 40.6 Å². The zero-order valence-corrected chi connectivity index (χ0v) is 7.69. The average Bonchev–Trinajstić information content (AvgIpc) is 2.10. The van der Waals surface area contributed by atoms with Gasteiger partial charge in [-0.1, -0.05) is 0 Å². The van der Waals surface area contributed by atoms with Crippen molar-refractivity contribution in [3.63, 3.8) is 0 Å². The molecular formula is C8H3ClF6. The first kappa shape index (κ1) is 12.2. The first-order chi connectivity index (χ1) is 6.79. The Kier molecular flexibility index (Phi) is 3.18. The van der Waals surface area contributed by atoms with Gasteiger partial charge in [-0.3, -0.25) is 0 Å². The van der Waals surface area contributed by atoms with Crippen LogP contribution in [0.25, 0.3) is 0 Å². The SMILES string of the molecule is Fc1cc(C(F)(F)F)c(F)c(F)c1CCl. The Morgan fingerprint density at radius 2 is 1.60 bits per heavy atom. The van der Waals surface area contributed by atoms with Crippen molar-refractivity contribution in [1.29, 1.82) is 0 Å². The second-order valence-electron chi connectivity index (χ2n) is 2.64. The molecule has 1 rings (SSSR count). The summed E-state index contributed by atoms with van der Waals surface area (Å²) in [5.74, 6) is -6.31. The van der Waals surface area contributed by atoms with E-state index in [4.69, 9.17) is 11.6 Å². The van der Waals surface area contributed by atoms with E-state index in [-0.39, 0.29) is 6.07 Å². The van der Waals surface area contributed by atoms with Crippen molar-refractivity contribution in [3.05, 3.63) is 34.6 Å². The van der Waals surface area contributed by atoms with Crippen LogP contribution in [-0.4, -0.2) is 0 Å². The van der Waals surface area contributed by atoms with Crippen molar-refractivity contribution in [2.45, 2.75) is 12.1 Å². The summed E-state index contributed by atoms with van der Waals surface area (Å²) in [7, 11) is 0. The maximum Gasteiger partial charge on any atom is 0.419 e. The van der Waals surface area contributed by atoms with Gasteiger partial charge >= 0.3 is 6.18 Å². The standard InChI is InChI=1S/C8H3ClF6/c9-2-3-5(10)1-4(8(13,14)15)7(12)6(3)11/h1H,2H2. The minimum atomic E-state index is -5.14. The van der Waals surface area contributed by atoms with Crippen LogP contribution in [-0.2, 0) is 12.1 Å². The second-order valence-corrected chi connectivity index (χ2v) is 2.91. The van der Waals surface area contributed by atoms with E-state index in [1.807, 2.05) is 0 Å². The Morgan fingerprint density at radius 3 is 2.00 bits per heavy atom. The van der Waals surface area contributed by atoms with Gasteiger partial charge in [-0.25, -0.2) is 13.2 Å². The van der Waals surface area contributed by atoms with Gasteiger partial charge in [0.05, 0.1) is 11.4 Å². The molecule has 1 aromatic carbocycles. The Labute approximate surface area is 85.5 Å². The number of hydrogen-bond acceptors (Lipinski definition) is 0. The third-order valence-corrected chi connectivity index (χ3v) is 1.96. The number of alkyl halides is 4. The van der Waals surface area contributed by atoms with Crippen LogP contribution in [0.3, 0.4) is 0 Å². The number of rotatable bonds is 1. The summed E-state index contributed by atoms with van der Waals surface area (Å²) < 4.78 is 74.6. The molecule has 0 aromatic heterocycles. The minimum absolute atomic E-state index is 0.115. The zero-order valence-electron chi connectivity index (χ0n) is 6.93. The number of hydrogen-bond donors (Lipinski definition) is 0. The monoisotopic (exact) mass is 248 g/mol. The summed E-state index contributed by atoms with van der Waals surface area (Å²) in [6.07, 6.45) is -5.14. The van der Waals surface area contributed by atoms with Gasteiger partial charge in [0, 0.05) is 5.56 Å². The summed E-state index contributed by atoms with van der Waals surface area (Å²) >= 11 is 5.05. The quantitative estimate of drug-likeness (QED) is 0.402. The van der Waals surface area contributed by atoms with Crippen LogP contribution in [0.15, 0.2) is 6.07 Å². The molecule has 0 amide bonds. The molecular weight excluding hydrogens is 246 g/mol. The number of halogens is 7. The molecule has 0 saturated heterocycles. The summed E-state index contributed by atoms with van der Waals surface area (Å²) in [5, 5.41) is 0. The van der Waals surface area contributed by atoms with Crippen LogP contribution in [0.5, 0.6) is 0 Å². The van der Waals surface area contributed by atoms with Gasteiger partial charge in [0.25, 0.3) is 0 Å². The first-order valence-corrected chi connectivity index (χ1v) is 4.12. The third kappa shape index (κ3) is 2.19. The smallest absolute Gasteiger partial charge is 0.207 e. The van der Waals surface area contributed by atoms with E-state index in [1.165, 1.54) is 0 Å². The topological polar surface area (TPSA) is 0 Å². The third-order valence-electron chi connectivity index (χ3n) is 1.69. The van der Waals surface area contributed by atoms with Crippen LogP contribution < -0.4 is 0 Å². The van der Waals surface area contributed by atoms with Crippen LogP contribution in [0.2, 0.25) is 0 Å². The molecule has 0 fully saturated rings. The zero-order chi connectivity index (χ0) is 11.8. The molecule has 1 aromatic rings. The summed E-state index contributed by atoms with van der Waals surface area (Å²) in [5.41, 5.74) is -2.89. The van der Waals surface area contributed by atoms with Gasteiger partial charge in [-0.05, 0) is 6.07 Å². The van der Waals surface area contributed by atoms with Crippen molar-refractivity contribution in [3.8, 4) is 0 Å². The van der Waals surface area contributed by atoms with Gasteiger partial charge in [-0.15, -0.1) is 11.6 Å². The van der Waals surface area contributed by atoms with E-state index in [9.17, 15) is 26.3 Å². The van der Waals surface area contributed by atoms with Crippen molar-refractivity contribution in [1.82, 2.24) is 0 Å². The minimum Gasteiger partial charge on any atom is -0.207 e. The normalized spacial score (nSPS) is 11.9. The molecule has 84 valence electrons. The molecule has 0 N–H and O–H groups in total. The molecule has 0 spiro atoms. The van der Waals surface area contributed by atoms with Crippen molar-refractivity contribution in [2.24, 2.45) is 0 Å². The van der Waals surface area contributed by atoms with Crippen molar-refractivity contribution >= 4 is 11.6 Å². The van der Waals surface area contributed by atoms with Crippen LogP contribution in [0.4, 0.5) is 26.3 Å². The van der Waals surface area contributed by atoms with Gasteiger partial charge < -0.3 is 0 Å². The molecule has 15 heavy (non-hydrogen) atoms. The summed E-state index contributed by atoms with van der Waals surface area (Å²) in [4.78, 5) is 0. The average molecular weight is 249 g/mol. The predicted molar refractivity (Wildman–Crippen MR) is 40.9 cm³/mol. The maximum atomic E-state index is 12.9. The summed E-state index contributed by atoms with van der Waals surface area (Å²) in [6.45, 7) is 0. The maximum absolute atomic E-state index is 12.9. The molecule has 7 heteroatoms. The first-order valence-electron chi connectivity index (χ1n) is 3.58. The molecule has 0 aliphatic rings. The van der Waals surface area contributed by atoms with E-state index in [0.717, 1.165) is 0 Å². The molecule has 0 unspecified atom stereocenters. The fourth-order valence-corrected chi connectivity index (χ4v) is 1.21. The molecule has 0 bridgehead atoms. The van der Waals surface area contributed by atoms with Crippen molar-refractivity contribution < 1.29 is 26.3 Å². The second kappa shape index (κ2) is 3.92. The van der Waals surface area contributed by atoms with Gasteiger partial charge in [0.1, 0.15) is 5.82 Å². The van der Waals surface area contributed by atoms with E-state index >= 15 is 0 Å². The summed E-state index contributed by atoms with van der Waals surface area (Å²) in [6, 6.07) is -0.115. The highest BCUT2D eigenvalue weighted by atomic mass is 35.5. The molecule has 0 saturated carbocycles. The van der Waals surface area contributed by atoms with E-state index in [0.29, 0.717) is 0 Å².